The molecule has 6 heteroatoms. The van der Waals surface area contributed by atoms with E-state index < -0.39 is 0 Å². The van der Waals surface area contributed by atoms with Gasteiger partial charge in [-0.05, 0) is 86.1 Å². The van der Waals surface area contributed by atoms with Crippen LogP contribution in [0.2, 0.25) is 0 Å². The maximum absolute atomic E-state index is 13.2. The highest BCUT2D eigenvalue weighted by Gasteiger charge is 2.54. The van der Waals surface area contributed by atoms with Gasteiger partial charge in [-0.3, -0.25) is 9.59 Å². The second kappa shape index (κ2) is 9.45. The molecule has 4 bridgehead atoms. The van der Waals surface area contributed by atoms with Gasteiger partial charge in [0.2, 0.25) is 5.91 Å². The Labute approximate surface area is 214 Å². The SMILES string of the molecule is COc1cccc(N2CCN(C(=O)c3ccc(CNC(=O)C45CC6CC(CC(C6)C4)C5)cc3)CC2)c1. The smallest absolute Gasteiger partial charge is 0.253 e. The van der Waals surface area contributed by atoms with E-state index in [0.717, 1.165) is 67.1 Å². The van der Waals surface area contributed by atoms with Crippen LogP contribution in [0, 0.1) is 23.2 Å². The average molecular weight is 488 g/mol. The van der Waals surface area contributed by atoms with E-state index in [1.54, 1.807) is 7.11 Å². The number of benzene rings is 2. The Hall–Kier alpha value is -3.02. The van der Waals surface area contributed by atoms with Crippen LogP contribution in [0.1, 0.15) is 54.4 Å². The quantitative estimate of drug-likeness (QED) is 0.652. The normalized spacial score (nSPS) is 28.8. The van der Waals surface area contributed by atoms with E-state index in [0.29, 0.717) is 25.2 Å². The van der Waals surface area contributed by atoms with Crippen molar-refractivity contribution < 1.29 is 14.3 Å². The van der Waals surface area contributed by atoms with Gasteiger partial charge >= 0.3 is 0 Å². The molecular formula is C30H37N3O3. The van der Waals surface area contributed by atoms with Gasteiger partial charge in [-0.2, -0.15) is 0 Å². The largest absolute Gasteiger partial charge is 0.497 e. The van der Waals surface area contributed by atoms with E-state index in [1.807, 2.05) is 47.4 Å². The fourth-order valence-corrected chi connectivity index (χ4v) is 7.68. The number of piperazine rings is 1. The standard InChI is InChI=1S/C30H37N3O3/c1-36-27-4-2-3-26(16-27)32-9-11-33(12-10-32)28(34)25-7-5-21(6-8-25)20-31-29(35)30-17-22-13-23(18-30)15-24(14-22)19-30/h2-8,16,22-24H,9-15,17-20H2,1H3,(H,31,35). The van der Waals surface area contributed by atoms with E-state index in [2.05, 4.69) is 16.3 Å². The Morgan fingerprint density at radius 3 is 2.17 bits per heavy atom. The molecule has 1 heterocycles. The van der Waals surface area contributed by atoms with Crippen LogP contribution in [0.4, 0.5) is 5.69 Å². The zero-order valence-electron chi connectivity index (χ0n) is 21.2. The van der Waals surface area contributed by atoms with Crippen LogP contribution in [0.25, 0.3) is 0 Å². The molecule has 36 heavy (non-hydrogen) atoms. The third kappa shape index (κ3) is 4.46. The van der Waals surface area contributed by atoms with Gasteiger partial charge in [0, 0.05) is 55.5 Å². The molecule has 4 saturated carbocycles. The van der Waals surface area contributed by atoms with E-state index >= 15 is 0 Å². The minimum Gasteiger partial charge on any atom is -0.497 e. The predicted octanol–water partition coefficient (Wildman–Crippen LogP) is 4.49. The molecule has 0 spiro atoms. The third-order valence-electron chi connectivity index (χ3n) is 9.16. The molecule has 2 amide bonds. The Balaban J connectivity index is 1.02. The van der Waals surface area contributed by atoms with Crippen molar-refractivity contribution in [2.75, 3.05) is 38.2 Å². The van der Waals surface area contributed by atoms with Crippen LogP contribution in [0.5, 0.6) is 5.75 Å². The van der Waals surface area contributed by atoms with Gasteiger partial charge in [-0.1, -0.05) is 18.2 Å². The van der Waals surface area contributed by atoms with E-state index in [4.69, 9.17) is 4.74 Å². The fourth-order valence-electron chi connectivity index (χ4n) is 7.68. The lowest BCUT2D eigenvalue weighted by Gasteiger charge is -2.55. The van der Waals surface area contributed by atoms with E-state index in [9.17, 15) is 9.59 Å². The summed E-state index contributed by atoms with van der Waals surface area (Å²) in [4.78, 5) is 30.6. The summed E-state index contributed by atoms with van der Waals surface area (Å²) in [7, 11) is 1.68. The van der Waals surface area contributed by atoms with Gasteiger partial charge in [0.05, 0.1) is 7.11 Å². The molecule has 1 aliphatic heterocycles. The summed E-state index contributed by atoms with van der Waals surface area (Å²) in [5, 5.41) is 3.25. The maximum atomic E-state index is 13.2. The molecule has 5 fully saturated rings. The zero-order chi connectivity index (χ0) is 24.7. The topological polar surface area (TPSA) is 61.9 Å². The molecular weight excluding hydrogens is 450 g/mol. The number of carbonyl (C=O) groups is 2. The van der Waals surface area contributed by atoms with Crippen molar-refractivity contribution in [3.8, 4) is 5.75 Å². The second-order valence-corrected chi connectivity index (χ2v) is 11.6. The highest BCUT2D eigenvalue weighted by Crippen LogP contribution is 2.60. The molecule has 0 atom stereocenters. The Kier molecular flexibility index (Phi) is 6.14. The van der Waals surface area contributed by atoms with Crippen molar-refractivity contribution in [1.82, 2.24) is 10.2 Å². The minimum atomic E-state index is -0.113. The summed E-state index contributed by atoms with van der Waals surface area (Å²) in [6.07, 6.45) is 7.30. The van der Waals surface area contributed by atoms with Crippen LogP contribution >= 0.6 is 0 Å². The van der Waals surface area contributed by atoms with Gasteiger partial charge < -0.3 is 19.9 Å². The summed E-state index contributed by atoms with van der Waals surface area (Å²) in [6.45, 7) is 3.52. The molecule has 7 rings (SSSR count). The van der Waals surface area contributed by atoms with Crippen LogP contribution in [0.15, 0.2) is 48.5 Å². The first kappa shape index (κ1) is 23.4. The van der Waals surface area contributed by atoms with Crippen molar-refractivity contribution >= 4 is 17.5 Å². The summed E-state index contributed by atoms with van der Waals surface area (Å²) in [6, 6.07) is 15.9. The molecule has 1 N–H and O–H groups in total. The first-order chi connectivity index (χ1) is 17.5. The lowest BCUT2D eigenvalue weighted by molar-refractivity contribution is -0.146. The summed E-state index contributed by atoms with van der Waals surface area (Å²) in [5.74, 6) is 3.49. The molecule has 0 aromatic heterocycles. The monoisotopic (exact) mass is 487 g/mol. The van der Waals surface area contributed by atoms with Crippen molar-refractivity contribution in [2.45, 2.75) is 45.1 Å². The number of ether oxygens (including phenoxy) is 1. The number of hydrogen-bond acceptors (Lipinski definition) is 4. The summed E-state index contributed by atoms with van der Waals surface area (Å²) < 4.78 is 5.34. The first-order valence-electron chi connectivity index (χ1n) is 13.6. The van der Waals surface area contributed by atoms with Crippen molar-refractivity contribution in [3.63, 3.8) is 0 Å². The average Bonchev–Trinajstić information content (AvgIpc) is 2.91. The number of nitrogens with one attached hydrogen (secondary N) is 1. The Morgan fingerprint density at radius 1 is 0.917 bits per heavy atom. The molecule has 4 aliphatic carbocycles. The van der Waals surface area contributed by atoms with Gasteiger partial charge in [-0.15, -0.1) is 0 Å². The van der Waals surface area contributed by atoms with Crippen molar-refractivity contribution in [3.05, 3.63) is 59.7 Å². The highest BCUT2D eigenvalue weighted by molar-refractivity contribution is 5.94. The minimum absolute atomic E-state index is 0.0736. The van der Waals surface area contributed by atoms with Crippen molar-refractivity contribution in [2.24, 2.45) is 23.2 Å². The molecule has 2 aromatic rings. The number of hydrogen-bond donors (Lipinski definition) is 1. The van der Waals surface area contributed by atoms with Gasteiger partial charge in [0.15, 0.2) is 0 Å². The number of rotatable bonds is 6. The summed E-state index contributed by atoms with van der Waals surface area (Å²) >= 11 is 0. The van der Waals surface area contributed by atoms with Crippen LogP contribution in [0.3, 0.4) is 0 Å². The van der Waals surface area contributed by atoms with Crippen LogP contribution in [-0.2, 0) is 11.3 Å². The highest BCUT2D eigenvalue weighted by atomic mass is 16.5. The fraction of sp³-hybridized carbons (Fsp3) is 0.533. The maximum Gasteiger partial charge on any atom is 0.253 e. The second-order valence-electron chi connectivity index (χ2n) is 11.6. The number of anilines is 1. The van der Waals surface area contributed by atoms with Crippen LogP contribution < -0.4 is 15.0 Å². The zero-order valence-corrected chi connectivity index (χ0v) is 21.2. The number of carbonyl (C=O) groups excluding carboxylic acids is 2. The number of methoxy groups -OCH3 is 1. The first-order valence-corrected chi connectivity index (χ1v) is 13.6. The molecule has 1 saturated heterocycles. The number of nitrogens with zero attached hydrogens (tertiary/aromatic N) is 2. The van der Waals surface area contributed by atoms with E-state index in [1.165, 1.54) is 19.3 Å². The molecule has 0 radical (unpaired) electrons. The van der Waals surface area contributed by atoms with E-state index in [-0.39, 0.29) is 17.2 Å². The van der Waals surface area contributed by atoms with Gasteiger partial charge in [0.1, 0.15) is 5.75 Å². The van der Waals surface area contributed by atoms with Gasteiger partial charge in [0.25, 0.3) is 5.91 Å². The number of amides is 2. The predicted molar refractivity (Wildman–Crippen MR) is 140 cm³/mol. The lowest BCUT2D eigenvalue weighted by Crippen LogP contribution is -2.53. The van der Waals surface area contributed by atoms with Crippen LogP contribution in [-0.4, -0.2) is 50.0 Å². The molecule has 5 aliphatic rings. The Bertz CT molecular complexity index is 1090. The molecule has 6 nitrogen and oxygen atoms in total. The van der Waals surface area contributed by atoms with Gasteiger partial charge in [-0.25, -0.2) is 0 Å². The van der Waals surface area contributed by atoms with Crippen molar-refractivity contribution in [1.29, 1.82) is 0 Å². The molecule has 0 unspecified atom stereocenters. The molecule has 2 aromatic carbocycles. The Morgan fingerprint density at radius 2 is 1.56 bits per heavy atom. The lowest BCUT2D eigenvalue weighted by atomic mass is 9.49. The summed E-state index contributed by atoms with van der Waals surface area (Å²) in [5.41, 5.74) is 2.77. The third-order valence-corrected chi connectivity index (χ3v) is 9.16. The molecule has 190 valence electrons.